The average Bonchev–Trinajstić information content (AvgIpc) is 0. The normalized spacial score (nSPS) is 0. The molecule has 0 aliphatic carbocycles. The van der Waals surface area contributed by atoms with Gasteiger partial charge in [0.2, 0.25) is 0 Å². The average molecular weight is 291 g/mol. The zero-order chi connectivity index (χ0) is 0. The number of rotatable bonds is 0. The summed E-state index contributed by atoms with van der Waals surface area (Å²) in [5.41, 5.74) is 0. The van der Waals surface area contributed by atoms with Crippen molar-refractivity contribution in [2.45, 2.75) is 0 Å². The summed E-state index contributed by atoms with van der Waals surface area (Å²) in [5, 5.41) is 0. The molecule has 0 N–H and O–H groups in total. The first-order chi connectivity index (χ1) is 0. The molecule has 4 heteroatoms. The van der Waals surface area contributed by atoms with E-state index in [1.807, 2.05) is 0 Å². The van der Waals surface area contributed by atoms with Crippen LogP contribution < -0.4 is 0 Å². The Balaban J connectivity index is 0. The summed E-state index contributed by atoms with van der Waals surface area (Å²) < 4.78 is 0. The molecule has 4 heavy (non-hydrogen) atoms. The second-order valence-electron chi connectivity index (χ2n) is 0. The third-order valence-electron chi connectivity index (χ3n) is 0. The fourth-order valence-electron chi connectivity index (χ4n) is 0. The van der Waals surface area contributed by atoms with Crippen LogP contribution >= 0.6 is 0 Å². The molecule has 0 aromatic heterocycles. The Morgan fingerprint density at radius 3 is 1.00 bits per heavy atom. The summed E-state index contributed by atoms with van der Waals surface area (Å²) in [5.74, 6) is 0. The molecule has 0 aliphatic heterocycles. The predicted molar refractivity (Wildman–Crippen MR) is 8.54 cm³/mol. The van der Waals surface area contributed by atoms with E-state index in [0.717, 1.165) is 0 Å². The summed E-state index contributed by atoms with van der Waals surface area (Å²) in [6.07, 6.45) is 0. The van der Waals surface area contributed by atoms with E-state index in [2.05, 4.69) is 0 Å². The van der Waals surface area contributed by atoms with Crippen molar-refractivity contribution in [3.05, 3.63) is 0 Å². The molecule has 3 radical (unpaired) electrons. The van der Waals surface area contributed by atoms with Crippen molar-refractivity contribution in [1.29, 1.82) is 0 Å². The topological polar surface area (TPSA) is 0 Å². The van der Waals surface area contributed by atoms with Gasteiger partial charge in [0.1, 0.15) is 0 Å². The largest absolute Gasteiger partial charge is 0 e. The Morgan fingerprint density at radius 2 is 1.00 bits per heavy atom. The Kier molecular flexibility index (Phi) is 139. The quantitative estimate of drug-likeness (QED) is 0.506. The maximum Gasteiger partial charge on any atom is 0 e. The summed E-state index contributed by atoms with van der Waals surface area (Å²) >= 11 is 0. The van der Waals surface area contributed by atoms with E-state index in [0.29, 0.717) is 0 Å². The molecular formula is H2CuNiSnTi. The van der Waals surface area contributed by atoms with Gasteiger partial charge in [-0.2, -0.15) is 0 Å². The first-order valence-electron chi connectivity index (χ1n) is 0. The van der Waals surface area contributed by atoms with Crippen LogP contribution in [-0.2, 0) is 55.3 Å². The van der Waals surface area contributed by atoms with E-state index in [4.69, 9.17) is 0 Å². The van der Waals surface area contributed by atoms with Crippen molar-refractivity contribution < 1.29 is 55.3 Å². The Hall–Kier alpha value is 2.53. The molecule has 0 spiro atoms. The summed E-state index contributed by atoms with van der Waals surface area (Å²) in [4.78, 5) is 0. The van der Waals surface area contributed by atoms with Crippen LogP contribution in [0.15, 0.2) is 0 Å². The molecule has 0 aromatic carbocycles. The summed E-state index contributed by atoms with van der Waals surface area (Å²) in [6.45, 7) is 0. The van der Waals surface area contributed by atoms with Gasteiger partial charge in [0.25, 0.3) is 0 Å². The van der Waals surface area contributed by atoms with Crippen LogP contribution in [0.5, 0.6) is 0 Å². The van der Waals surface area contributed by atoms with Gasteiger partial charge in [-0.25, -0.2) is 0 Å². The molecule has 31 valence electrons. The van der Waals surface area contributed by atoms with E-state index in [1.54, 1.807) is 0 Å². The van der Waals surface area contributed by atoms with Crippen LogP contribution in [-0.4, -0.2) is 23.9 Å². The molecule has 0 aliphatic rings. The third-order valence-corrected chi connectivity index (χ3v) is 0. The minimum atomic E-state index is 0. The SMILES string of the molecule is [Cu].[Ni].[SnH2].[Ti]. The molecule has 0 saturated heterocycles. The zero-order valence-electron chi connectivity index (χ0n) is 1.82. The van der Waals surface area contributed by atoms with Crippen LogP contribution in [0.1, 0.15) is 0 Å². The standard InChI is InChI=1S/Cu.Ni.Sn.Ti.2H. The van der Waals surface area contributed by atoms with Crippen LogP contribution in [0, 0.1) is 0 Å². The molecular weight excluding hydrogens is 289 g/mol. The van der Waals surface area contributed by atoms with Crippen molar-refractivity contribution in [3.8, 4) is 0 Å². The van der Waals surface area contributed by atoms with Gasteiger partial charge in [0.05, 0.1) is 0 Å². The Bertz CT molecular complexity index is 8.00. The van der Waals surface area contributed by atoms with Gasteiger partial charge in [-0.3, -0.25) is 0 Å². The zero-order valence-corrected chi connectivity index (χ0v) is 9.35. The van der Waals surface area contributed by atoms with Crippen molar-refractivity contribution in [2.75, 3.05) is 0 Å². The van der Waals surface area contributed by atoms with Crippen molar-refractivity contribution in [3.63, 3.8) is 0 Å². The molecule has 0 saturated carbocycles. The predicted octanol–water partition coefficient (Wildman–Crippen LogP) is -0.924. The second kappa shape index (κ2) is 17.7. The van der Waals surface area contributed by atoms with Crippen LogP contribution in [0.2, 0.25) is 0 Å². The number of hydrogen-bond acceptors (Lipinski definition) is 0. The van der Waals surface area contributed by atoms with Crippen molar-refractivity contribution in [1.82, 2.24) is 0 Å². The molecule has 0 amide bonds. The minimum Gasteiger partial charge on any atom is 0 e. The molecule has 0 aromatic rings. The van der Waals surface area contributed by atoms with E-state index in [9.17, 15) is 0 Å². The van der Waals surface area contributed by atoms with E-state index in [-0.39, 0.29) is 79.2 Å². The van der Waals surface area contributed by atoms with Crippen molar-refractivity contribution in [2.24, 2.45) is 0 Å². The molecule has 0 fully saturated rings. The first kappa shape index (κ1) is 31.2. The van der Waals surface area contributed by atoms with Gasteiger partial charge in [0.15, 0.2) is 0 Å². The molecule has 0 atom stereocenters. The maximum atomic E-state index is 0. The van der Waals surface area contributed by atoms with Crippen LogP contribution in [0.4, 0.5) is 0 Å². The Labute approximate surface area is 78.1 Å². The van der Waals surface area contributed by atoms with Gasteiger partial charge < -0.3 is 0 Å². The number of hydrogen-bond donors (Lipinski definition) is 0. The fourth-order valence-corrected chi connectivity index (χ4v) is 0. The van der Waals surface area contributed by atoms with Crippen molar-refractivity contribution >= 4 is 23.9 Å². The molecule has 0 heterocycles. The van der Waals surface area contributed by atoms with E-state index >= 15 is 0 Å². The van der Waals surface area contributed by atoms with Gasteiger partial charge >= 0.3 is 23.9 Å². The molecule has 0 rings (SSSR count). The Morgan fingerprint density at radius 1 is 1.00 bits per heavy atom. The van der Waals surface area contributed by atoms with E-state index in [1.165, 1.54) is 0 Å². The maximum absolute atomic E-state index is 0. The smallest absolute Gasteiger partial charge is 0 e. The van der Waals surface area contributed by atoms with Gasteiger partial charge in [0, 0.05) is 55.3 Å². The van der Waals surface area contributed by atoms with Gasteiger partial charge in [-0.05, 0) is 0 Å². The first-order valence-corrected chi connectivity index (χ1v) is 0. The minimum absolute atomic E-state index is 0. The third kappa shape index (κ3) is 8.82. The fraction of sp³-hybridized carbons (Fsp3) is 0. The molecule has 0 nitrogen and oxygen atoms in total. The molecule has 0 bridgehead atoms. The van der Waals surface area contributed by atoms with Gasteiger partial charge in [-0.15, -0.1) is 0 Å². The van der Waals surface area contributed by atoms with E-state index < -0.39 is 0 Å². The van der Waals surface area contributed by atoms with Crippen LogP contribution in [0.25, 0.3) is 0 Å². The second-order valence-corrected chi connectivity index (χ2v) is 0. The monoisotopic (exact) mass is 291 g/mol. The van der Waals surface area contributed by atoms with Gasteiger partial charge in [-0.1, -0.05) is 0 Å². The summed E-state index contributed by atoms with van der Waals surface area (Å²) in [7, 11) is 0. The summed E-state index contributed by atoms with van der Waals surface area (Å²) in [6, 6.07) is 0. The van der Waals surface area contributed by atoms with Crippen LogP contribution in [0.3, 0.4) is 0 Å². The molecule has 0 unspecified atom stereocenters.